The molecule has 0 spiro atoms. The van der Waals surface area contributed by atoms with Crippen molar-refractivity contribution in [2.45, 2.75) is 234 Å². The molecule has 0 bridgehead atoms. The molecular formula is C79H130BN11O4S. The molecule has 96 heavy (non-hydrogen) atoms. The van der Waals surface area contributed by atoms with Gasteiger partial charge in [0.2, 0.25) is 11.8 Å². The Morgan fingerprint density at radius 1 is 0.729 bits per heavy atom. The van der Waals surface area contributed by atoms with Gasteiger partial charge in [-0.05, 0) is 111 Å². The number of rotatable bonds is 49. The van der Waals surface area contributed by atoms with Crippen LogP contribution in [0.4, 0.5) is 10.5 Å². The van der Waals surface area contributed by atoms with E-state index < -0.39 is 12.1 Å². The van der Waals surface area contributed by atoms with Crippen molar-refractivity contribution in [3.8, 4) is 0 Å². The first-order valence-corrected chi connectivity index (χ1v) is 36.8. The lowest BCUT2D eigenvalue weighted by molar-refractivity contribution is -0.137. The molecule has 1 heterocycles. The van der Waals surface area contributed by atoms with E-state index in [-0.39, 0.29) is 101 Å². The molecule has 1 saturated heterocycles. The average Bonchev–Trinajstić information content (AvgIpc) is 1.00. The highest BCUT2D eigenvalue weighted by Crippen LogP contribution is 2.37. The molecule has 1 aliphatic heterocycles. The van der Waals surface area contributed by atoms with E-state index in [1.807, 2.05) is 43.3 Å². The van der Waals surface area contributed by atoms with Gasteiger partial charge >= 0.3 is 6.03 Å². The van der Waals surface area contributed by atoms with Crippen LogP contribution in [0.25, 0.3) is 0 Å². The number of unbranched alkanes of at least 4 members (excludes halogenated alkanes) is 3. The van der Waals surface area contributed by atoms with E-state index in [4.69, 9.17) is 24.2 Å². The Balaban J connectivity index is 1.70. The molecule has 534 valence electrons. The lowest BCUT2D eigenvalue weighted by atomic mass is 9.81. The summed E-state index contributed by atoms with van der Waals surface area (Å²) in [5, 5.41) is 21.1. The maximum Gasteiger partial charge on any atom is 0.312 e. The number of nitrogens with zero attached hydrogens (tertiary/aromatic N) is 4. The maximum absolute atomic E-state index is 15.2. The van der Waals surface area contributed by atoms with Crippen LogP contribution in [-0.2, 0) is 20.7 Å². The van der Waals surface area contributed by atoms with Crippen molar-refractivity contribution < 1.29 is 19.1 Å². The molecular weight excluding hydrogens is 1210 g/mol. The van der Waals surface area contributed by atoms with Crippen LogP contribution in [0.5, 0.6) is 0 Å². The van der Waals surface area contributed by atoms with Gasteiger partial charge in [-0.2, -0.15) is 0 Å². The first-order valence-electron chi connectivity index (χ1n) is 35.8. The molecule has 0 aliphatic carbocycles. The number of methoxy groups -OCH3 is 1. The van der Waals surface area contributed by atoms with Gasteiger partial charge < -0.3 is 62.0 Å². The molecule has 17 heteroatoms. The Morgan fingerprint density at radius 2 is 1.38 bits per heavy atom. The van der Waals surface area contributed by atoms with Crippen LogP contribution in [0.15, 0.2) is 153 Å². The SMILES string of the molecule is [B]SC1CC(=C)N(CCCCCC(=C)NC(C(=C)N[C@@H](CCCNC(N)=O)C(=C)Nc2ccc(CCC(=O)N(C)C(C(=C)N[C@H](C(=O)N(C)C(C(C)CC)C(CC)CC(=C)N(CCCC)C(OC)C(C)C(=C)NC(C)C(C)c3ccccc3)C(C)C)C(C)C)cc2)C(C)C)C1=C. The number of carbonyl (C=O) groups is 3. The largest absolute Gasteiger partial charge is 0.385 e. The van der Waals surface area contributed by atoms with Crippen LogP contribution < -0.4 is 37.6 Å². The number of nitrogens with two attached hydrogens (primary N) is 1. The number of aryl methyl sites for hydroxylation is 1. The summed E-state index contributed by atoms with van der Waals surface area (Å²) in [5.41, 5.74) is 15.8. The summed E-state index contributed by atoms with van der Waals surface area (Å²) in [4.78, 5) is 49.4. The fourth-order valence-electron chi connectivity index (χ4n) is 13.5. The standard InChI is InChI=1S/C79H130BN11O4S/c1-25-28-47-91(78(95-24)59(15)61(17)84-60(16)58(14)68-37-32-29-33-38-68)56(12)49-67(27-3)76(54(10)26-2)89(23)77(93)74(52(6)7)87-64(20)75(53(8)9)88(22)72(92)45-42-66-40-43-69(44-41-66)85-62(18)70(39-35-46-82-79(81)94)86-63(19)73(51(4)5)83-55(11)36-31-30-34-48-90-57(13)50-71(96-80)65(90)21/h29,32-33,37-38,40-41,43-44,51-54,58-60,67,70-71,73-76,78,83-87H,11-13,17-21,25-28,30-31,34-36,39,42,45-50H2,1-10,14-16,22-24H3,(H3,81,82,94)/t54?,58?,59?,60?,67?,70-,71?,73?,74-,75?,76?,78?/m0/s1. The van der Waals surface area contributed by atoms with Gasteiger partial charge in [0, 0.05) is 134 Å². The summed E-state index contributed by atoms with van der Waals surface area (Å²) < 4.78 is 6.38. The third-order valence-electron chi connectivity index (χ3n) is 19.9. The van der Waals surface area contributed by atoms with Crippen LogP contribution in [-0.4, -0.2) is 133 Å². The highest BCUT2D eigenvalue weighted by molar-refractivity contribution is 8.20. The van der Waals surface area contributed by atoms with Gasteiger partial charge in [0.15, 0.2) is 7.12 Å². The van der Waals surface area contributed by atoms with Gasteiger partial charge in [0.1, 0.15) is 12.3 Å². The van der Waals surface area contributed by atoms with Crippen molar-refractivity contribution in [3.05, 3.63) is 164 Å². The predicted molar refractivity (Wildman–Crippen MR) is 411 cm³/mol. The van der Waals surface area contributed by atoms with E-state index in [0.29, 0.717) is 37.9 Å². The van der Waals surface area contributed by atoms with E-state index in [0.717, 1.165) is 122 Å². The smallest absolute Gasteiger partial charge is 0.312 e. The highest BCUT2D eigenvalue weighted by atomic mass is 32.2. The Kier molecular flexibility index (Phi) is 37.0. The normalized spacial score (nSPS) is 16.6. The molecule has 10 unspecified atom stereocenters. The summed E-state index contributed by atoms with van der Waals surface area (Å²) in [6, 6.07) is 16.9. The van der Waals surface area contributed by atoms with Gasteiger partial charge in [0.05, 0.1) is 18.1 Å². The van der Waals surface area contributed by atoms with Crippen molar-refractivity contribution in [3.63, 3.8) is 0 Å². The first-order chi connectivity index (χ1) is 45.4. The van der Waals surface area contributed by atoms with Gasteiger partial charge in [0.25, 0.3) is 0 Å². The number of urea groups is 1. The lowest BCUT2D eigenvalue weighted by Gasteiger charge is -2.44. The van der Waals surface area contributed by atoms with Gasteiger partial charge in [-0.25, -0.2) is 16.4 Å². The second-order valence-corrected chi connectivity index (χ2v) is 29.1. The second kappa shape index (κ2) is 42.4. The molecule has 1 aliphatic rings. The fourth-order valence-corrected chi connectivity index (χ4v) is 14.1. The molecule has 2 aromatic carbocycles. The number of nitrogens with one attached hydrogen (secondary N) is 6. The number of hydrogen-bond acceptors (Lipinski definition) is 12. The van der Waals surface area contributed by atoms with Crippen LogP contribution in [0.1, 0.15) is 191 Å². The van der Waals surface area contributed by atoms with E-state index in [1.165, 1.54) is 17.2 Å². The van der Waals surface area contributed by atoms with E-state index >= 15 is 4.79 Å². The fraction of sp³-hybridized carbons (Fsp3) is 0.608. The second-order valence-electron chi connectivity index (χ2n) is 28.3. The van der Waals surface area contributed by atoms with E-state index in [9.17, 15) is 9.59 Å². The van der Waals surface area contributed by atoms with Crippen LogP contribution in [0.3, 0.4) is 0 Å². The Bertz CT molecular complexity index is 2830. The molecule has 15 nitrogen and oxygen atoms in total. The molecule has 2 aromatic rings. The van der Waals surface area contributed by atoms with Gasteiger partial charge in [-0.15, -0.1) is 0 Å². The quantitative estimate of drug-likeness (QED) is 0.0190. The molecule has 4 amide bonds. The lowest BCUT2D eigenvalue weighted by Crippen LogP contribution is -2.56. The highest BCUT2D eigenvalue weighted by Gasteiger charge is 2.39. The number of primary amides is 1. The number of amides is 4. The molecule has 3 rings (SSSR count). The minimum absolute atomic E-state index is 0.00239. The van der Waals surface area contributed by atoms with Crippen molar-refractivity contribution >= 4 is 42.3 Å². The molecule has 12 atom stereocenters. The summed E-state index contributed by atoms with van der Waals surface area (Å²) in [6.45, 7) is 66.1. The minimum atomic E-state index is -0.582. The number of likely N-dealkylation sites (tertiary alicyclic amines) is 1. The summed E-state index contributed by atoms with van der Waals surface area (Å²) in [7, 11) is 11.5. The number of hydrogen-bond donors (Lipinski definition) is 7. The Labute approximate surface area is 589 Å². The molecule has 0 saturated carbocycles. The van der Waals surface area contributed by atoms with Gasteiger partial charge in [-0.3, -0.25) is 9.59 Å². The van der Waals surface area contributed by atoms with Crippen LogP contribution in [0, 0.1) is 35.5 Å². The number of benzene rings is 2. The third kappa shape index (κ3) is 25.8. The monoisotopic (exact) mass is 1340 g/mol. The first kappa shape index (κ1) is 83.8. The van der Waals surface area contributed by atoms with Crippen molar-refractivity contribution in [1.82, 2.24) is 46.2 Å². The topological polar surface area (TPSA) is 172 Å². The minimum Gasteiger partial charge on any atom is -0.385 e. The number of anilines is 1. The average molecular weight is 1340 g/mol. The summed E-state index contributed by atoms with van der Waals surface area (Å²) >= 11 is 1.34. The van der Waals surface area contributed by atoms with Crippen molar-refractivity contribution in [2.75, 3.05) is 46.2 Å². The van der Waals surface area contributed by atoms with Crippen molar-refractivity contribution in [2.24, 2.45) is 41.2 Å². The third-order valence-corrected chi connectivity index (χ3v) is 20.6. The molecule has 8 N–H and O–H groups in total. The number of likely N-dealkylation sites (N-methyl/N-ethyl adjacent to an activating group) is 2. The Hall–Kier alpha value is -6.46. The van der Waals surface area contributed by atoms with E-state index in [1.54, 1.807) is 12.0 Å². The zero-order chi connectivity index (χ0) is 72.1. The van der Waals surface area contributed by atoms with E-state index in [2.05, 4.69) is 208 Å². The molecule has 0 aromatic heterocycles. The van der Waals surface area contributed by atoms with Gasteiger partial charge in [-0.1, -0.05) is 204 Å². The Morgan fingerprint density at radius 3 is 1.93 bits per heavy atom. The molecule has 2 radical (unpaired) electrons. The number of allylic oxidation sites excluding steroid dienone is 3. The van der Waals surface area contributed by atoms with Crippen LogP contribution in [0.2, 0.25) is 0 Å². The molecule has 1 fully saturated rings. The number of ether oxygens (including phenoxy) is 1. The van der Waals surface area contributed by atoms with Crippen LogP contribution >= 0.6 is 11.6 Å². The summed E-state index contributed by atoms with van der Waals surface area (Å²) in [6.07, 6.45) is 11.0. The zero-order valence-electron chi connectivity index (χ0n) is 62.5. The van der Waals surface area contributed by atoms with Crippen molar-refractivity contribution in [1.29, 1.82) is 0 Å². The predicted octanol–water partition coefficient (Wildman–Crippen LogP) is 15.5. The summed E-state index contributed by atoms with van der Waals surface area (Å²) in [5.74, 6) is 0.657. The number of carbonyl (C=O) groups excluding carboxylic acids is 3. The zero-order valence-corrected chi connectivity index (χ0v) is 63.3. The maximum atomic E-state index is 15.2.